The molecule has 2 rings (SSSR count). The fourth-order valence-corrected chi connectivity index (χ4v) is 3.74. The van der Waals surface area contributed by atoms with Crippen LogP contribution in [0.3, 0.4) is 0 Å². The van der Waals surface area contributed by atoms with Gasteiger partial charge >= 0.3 is 7.60 Å². The molecule has 20 heavy (non-hydrogen) atoms. The fraction of sp³-hybridized carbons (Fsp3) is 0.286. The van der Waals surface area contributed by atoms with Crippen molar-refractivity contribution in [3.05, 3.63) is 30.3 Å². The summed E-state index contributed by atoms with van der Waals surface area (Å²) >= 11 is 0. The second kappa shape index (κ2) is 5.83. The Kier molecular flexibility index (Phi) is 4.33. The number of phenolic OH excluding ortho intramolecular Hbond substituents is 2. The van der Waals surface area contributed by atoms with Crippen LogP contribution in [0.2, 0.25) is 0 Å². The molecule has 0 spiro atoms. The molecule has 0 atom stereocenters. The van der Waals surface area contributed by atoms with Gasteiger partial charge in [0.1, 0.15) is 16.8 Å². The molecule has 0 bridgehead atoms. The molecule has 0 aliphatic heterocycles. The van der Waals surface area contributed by atoms with Crippen LogP contribution in [-0.4, -0.2) is 23.4 Å². The van der Waals surface area contributed by atoms with Gasteiger partial charge in [0.25, 0.3) is 0 Å². The third-order valence-corrected chi connectivity index (χ3v) is 4.99. The minimum Gasteiger partial charge on any atom is -0.507 e. The first-order chi connectivity index (χ1) is 9.53. The van der Waals surface area contributed by atoms with Crippen molar-refractivity contribution in [1.82, 2.24) is 0 Å². The van der Waals surface area contributed by atoms with E-state index in [4.69, 9.17) is 9.05 Å². The molecule has 5 nitrogen and oxygen atoms in total. The van der Waals surface area contributed by atoms with Crippen LogP contribution in [0.4, 0.5) is 0 Å². The summed E-state index contributed by atoms with van der Waals surface area (Å²) in [5, 5.41) is 21.2. The SMILES string of the molecule is CCOP(=O)(OCC)c1cc(O)c2ccccc2c1O. The second-order valence-electron chi connectivity index (χ2n) is 4.14. The summed E-state index contributed by atoms with van der Waals surface area (Å²) < 4.78 is 23.1. The van der Waals surface area contributed by atoms with Gasteiger partial charge in [-0.1, -0.05) is 24.3 Å². The van der Waals surface area contributed by atoms with E-state index in [2.05, 4.69) is 0 Å². The molecule has 0 saturated carbocycles. The molecule has 0 saturated heterocycles. The predicted molar refractivity (Wildman–Crippen MR) is 77.8 cm³/mol. The van der Waals surface area contributed by atoms with Crippen molar-refractivity contribution in [2.24, 2.45) is 0 Å². The molecule has 6 heteroatoms. The van der Waals surface area contributed by atoms with Gasteiger partial charge in [-0.05, 0) is 19.9 Å². The van der Waals surface area contributed by atoms with Crippen LogP contribution in [0, 0.1) is 0 Å². The van der Waals surface area contributed by atoms with Crippen molar-refractivity contribution in [2.45, 2.75) is 13.8 Å². The van der Waals surface area contributed by atoms with Gasteiger partial charge in [0.2, 0.25) is 0 Å². The lowest BCUT2D eigenvalue weighted by Crippen LogP contribution is -2.11. The third-order valence-electron chi connectivity index (χ3n) is 2.87. The topological polar surface area (TPSA) is 76.0 Å². The first-order valence-electron chi connectivity index (χ1n) is 6.36. The van der Waals surface area contributed by atoms with Crippen LogP contribution in [0.15, 0.2) is 30.3 Å². The summed E-state index contributed by atoms with van der Waals surface area (Å²) in [4.78, 5) is 0. The van der Waals surface area contributed by atoms with Crippen LogP contribution < -0.4 is 5.30 Å². The van der Waals surface area contributed by atoms with Gasteiger partial charge in [0, 0.05) is 10.8 Å². The molecular weight excluding hydrogens is 279 g/mol. The van der Waals surface area contributed by atoms with Crippen LogP contribution in [0.1, 0.15) is 13.8 Å². The number of rotatable bonds is 5. The summed E-state index contributed by atoms with van der Waals surface area (Å²) in [5.41, 5.74) is 0. The van der Waals surface area contributed by atoms with E-state index >= 15 is 0 Å². The Morgan fingerprint density at radius 2 is 1.60 bits per heavy atom. The lowest BCUT2D eigenvalue weighted by Gasteiger charge is -2.19. The van der Waals surface area contributed by atoms with Gasteiger partial charge in [-0.3, -0.25) is 4.57 Å². The van der Waals surface area contributed by atoms with E-state index in [-0.39, 0.29) is 30.0 Å². The summed E-state index contributed by atoms with van der Waals surface area (Å²) in [5.74, 6) is -0.267. The van der Waals surface area contributed by atoms with E-state index in [0.717, 1.165) is 0 Å². The summed E-state index contributed by atoms with van der Waals surface area (Å²) in [7, 11) is -3.65. The molecule has 0 aromatic heterocycles. The molecule has 0 radical (unpaired) electrons. The van der Waals surface area contributed by atoms with Crippen LogP contribution in [0.25, 0.3) is 10.8 Å². The molecular formula is C14H17O5P. The van der Waals surface area contributed by atoms with Crippen molar-refractivity contribution in [3.63, 3.8) is 0 Å². The maximum absolute atomic E-state index is 12.7. The lowest BCUT2D eigenvalue weighted by molar-refractivity contribution is 0.229. The molecule has 108 valence electrons. The van der Waals surface area contributed by atoms with Crippen molar-refractivity contribution in [2.75, 3.05) is 13.2 Å². The predicted octanol–water partition coefficient (Wildman–Crippen LogP) is 3.14. The minimum atomic E-state index is -3.65. The first-order valence-corrected chi connectivity index (χ1v) is 7.91. The number of phenols is 2. The molecule has 0 heterocycles. The molecule has 0 aliphatic rings. The number of aromatic hydroxyl groups is 2. The van der Waals surface area contributed by atoms with E-state index in [1.54, 1.807) is 38.1 Å². The molecule has 2 N–H and O–H groups in total. The summed E-state index contributed by atoms with van der Waals surface area (Å²) in [6.45, 7) is 3.71. The average molecular weight is 296 g/mol. The zero-order valence-corrected chi connectivity index (χ0v) is 12.3. The number of hydrogen-bond acceptors (Lipinski definition) is 5. The van der Waals surface area contributed by atoms with Gasteiger partial charge in [-0.25, -0.2) is 0 Å². The molecule has 0 amide bonds. The summed E-state index contributed by atoms with van der Waals surface area (Å²) in [6, 6.07) is 8.00. The van der Waals surface area contributed by atoms with Crippen molar-refractivity contribution in [1.29, 1.82) is 0 Å². The van der Waals surface area contributed by atoms with Crippen molar-refractivity contribution < 1.29 is 23.8 Å². The number of fused-ring (bicyclic) bond motifs is 1. The first kappa shape index (κ1) is 14.9. The van der Waals surface area contributed by atoms with Gasteiger partial charge < -0.3 is 19.3 Å². The Hall–Kier alpha value is -1.55. The smallest absolute Gasteiger partial charge is 0.365 e. The monoisotopic (exact) mass is 296 g/mol. The van der Waals surface area contributed by atoms with Crippen molar-refractivity contribution >= 4 is 23.7 Å². The van der Waals surface area contributed by atoms with Crippen LogP contribution in [0.5, 0.6) is 11.5 Å². The maximum atomic E-state index is 12.7. The second-order valence-corrected chi connectivity index (χ2v) is 6.14. The number of hydrogen-bond donors (Lipinski definition) is 2. The Bertz CT molecular complexity index is 658. The van der Waals surface area contributed by atoms with E-state index in [1.165, 1.54) is 6.07 Å². The maximum Gasteiger partial charge on any atom is 0.365 e. The Labute approximate surface area is 117 Å². The fourth-order valence-electron chi connectivity index (χ4n) is 2.05. The Morgan fingerprint density at radius 1 is 1.05 bits per heavy atom. The highest BCUT2D eigenvalue weighted by molar-refractivity contribution is 7.62. The highest BCUT2D eigenvalue weighted by atomic mass is 31.2. The van der Waals surface area contributed by atoms with Crippen LogP contribution >= 0.6 is 7.60 Å². The highest BCUT2D eigenvalue weighted by Gasteiger charge is 2.32. The molecule has 2 aromatic rings. The zero-order chi connectivity index (χ0) is 14.8. The van der Waals surface area contributed by atoms with E-state index in [9.17, 15) is 14.8 Å². The highest BCUT2D eigenvalue weighted by Crippen LogP contribution is 2.51. The van der Waals surface area contributed by atoms with Gasteiger partial charge in [-0.15, -0.1) is 0 Å². The Morgan fingerprint density at radius 3 is 2.15 bits per heavy atom. The Balaban J connectivity index is 2.70. The summed E-state index contributed by atoms with van der Waals surface area (Å²) in [6.07, 6.45) is 0. The lowest BCUT2D eigenvalue weighted by atomic mass is 10.1. The van der Waals surface area contributed by atoms with Gasteiger partial charge in [0.05, 0.1) is 13.2 Å². The third kappa shape index (κ3) is 2.52. The molecule has 2 aromatic carbocycles. The van der Waals surface area contributed by atoms with E-state index in [0.29, 0.717) is 10.8 Å². The van der Waals surface area contributed by atoms with Gasteiger partial charge in [0.15, 0.2) is 0 Å². The van der Waals surface area contributed by atoms with Gasteiger partial charge in [-0.2, -0.15) is 0 Å². The normalized spacial score (nSPS) is 11.9. The van der Waals surface area contributed by atoms with E-state index in [1.807, 2.05) is 0 Å². The largest absolute Gasteiger partial charge is 0.507 e. The average Bonchev–Trinajstić information content (AvgIpc) is 2.43. The minimum absolute atomic E-state index is 0.0163. The van der Waals surface area contributed by atoms with Crippen molar-refractivity contribution in [3.8, 4) is 11.5 Å². The molecule has 0 unspecified atom stereocenters. The standard InChI is InChI=1S/C14H17O5P/c1-3-18-20(17,19-4-2)13-9-12(15)10-7-5-6-8-11(10)14(13)16/h5-9,15-16H,3-4H2,1-2H3. The van der Waals surface area contributed by atoms with E-state index < -0.39 is 7.60 Å². The zero-order valence-electron chi connectivity index (χ0n) is 11.4. The molecule has 0 aliphatic carbocycles. The number of benzene rings is 2. The van der Waals surface area contributed by atoms with Crippen LogP contribution in [-0.2, 0) is 13.6 Å². The molecule has 0 fully saturated rings. The quantitative estimate of drug-likeness (QED) is 0.655.